The van der Waals surface area contributed by atoms with Gasteiger partial charge in [-0.05, 0) is 63.3 Å². The lowest BCUT2D eigenvalue weighted by molar-refractivity contribution is -0.201. The van der Waals surface area contributed by atoms with Crippen LogP contribution < -0.4 is 10.6 Å². The third kappa shape index (κ3) is 8.16. The standard InChI is InChI=1S/C39H49N3O12/c1-22(44)30(35(47)40-26(20-43)16-17-29(46)53-38(2,3)4)41-37(49)39-18-28-31-32(51-21-50-31)34(39)54-42(33(39)36(48)52-28)19-25-12-6-5-10-23(25)13-9-14-24-11-7-8-15-27(24)45/h5-13,15,22,26,28,30-34,43-45H,14,16-21H2,1-4H3,(H,40,47)(H,41,49)/t22-,26-,28+,30+,31-,32-,33-,34+,39-/m0/s1. The van der Waals surface area contributed by atoms with Crippen LogP contribution in [0.1, 0.15) is 63.6 Å². The van der Waals surface area contributed by atoms with Crippen molar-refractivity contribution >= 4 is 29.8 Å². The lowest BCUT2D eigenvalue weighted by Crippen LogP contribution is -2.71. The molecule has 6 rings (SSSR count). The van der Waals surface area contributed by atoms with E-state index in [1.165, 1.54) is 12.0 Å². The molecule has 2 amide bonds. The van der Waals surface area contributed by atoms with E-state index < -0.39 is 90.0 Å². The van der Waals surface area contributed by atoms with Gasteiger partial charge in [0.05, 0.1) is 25.3 Å². The van der Waals surface area contributed by atoms with Crippen molar-refractivity contribution in [2.24, 2.45) is 5.41 Å². The van der Waals surface area contributed by atoms with Crippen LogP contribution in [0.25, 0.3) is 6.08 Å². The Bertz CT molecular complexity index is 1740. The molecule has 2 bridgehead atoms. The van der Waals surface area contributed by atoms with Crippen molar-refractivity contribution in [1.82, 2.24) is 15.7 Å². The zero-order valence-electron chi connectivity index (χ0n) is 30.8. The number of nitrogens with one attached hydrogen (secondary N) is 2. The van der Waals surface area contributed by atoms with E-state index in [4.69, 9.17) is 23.8 Å². The largest absolute Gasteiger partial charge is 0.508 e. The molecule has 4 fully saturated rings. The third-order valence-corrected chi connectivity index (χ3v) is 10.2. The SMILES string of the molecule is C[C@H](O)[C@@H](NC(=O)[C@@]12C[C@H]3OC(=O)[C@@H]1N(Cc1ccccc1C=CCc1ccccc1O)O[C@@H]2[C@H]1OCO[C@H]13)C(=O)N[C@H](CO)CCC(=O)OC(C)(C)C. The number of nitrogens with zero attached hydrogens (tertiary/aromatic N) is 1. The van der Waals surface area contributed by atoms with E-state index in [1.54, 1.807) is 32.9 Å². The summed E-state index contributed by atoms with van der Waals surface area (Å²) in [5, 5.41) is 37.7. The Hall–Kier alpha value is -4.38. The molecule has 9 atom stereocenters. The second-order valence-electron chi connectivity index (χ2n) is 15.2. The molecule has 0 spiro atoms. The lowest BCUT2D eigenvalue weighted by atomic mass is 9.62. The number of aliphatic hydroxyl groups is 2. The van der Waals surface area contributed by atoms with E-state index in [0.29, 0.717) is 6.42 Å². The zero-order valence-corrected chi connectivity index (χ0v) is 30.8. The molecule has 4 aliphatic rings. The van der Waals surface area contributed by atoms with Crippen molar-refractivity contribution in [1.29, 1.82) is 0 Å². The number of fused-ring (bicyclic) bond motifs is 4. The minimum absolute atomic E-state index is 0.00630. The van der Waals surface area contributed by atoms with Gasteiger partial charge in [-0.15, -0.1) is 0 Å². The van der Waals surface area contributed by atoms with E-state index in [1.807, 2.05) is 48.6 Å². The maximum atomic E-state index is 14.7. The molecule has 1 saturated carbocycles. The summed E-state index contributed by atoms with van der Waals surface area (Å²) < 4.78 is 22.9. The Kier molecular flexibility index (Phi) is 11.8. The molecule has 15 heteroatoms. The average Bonchev–Trinajstić information content (AvgIpc) is 3.74. The van der Waals surface area contributed by atoms with Gasteiger partial charge in [0.25, 0.3) is 0 Å². The summed E-state index contributed by atoms with van der Waals surface area (Å²) in [5.41, 5.74) is 0.0448. The molecule has 0 radical (unpaired) electrons. The van der Waals surface area contributed by atoms with Crippen LogP contribution >= 0.6 is 0 Å². The first-order valence-electron chi connectivity index (χ1n) is 18.2. The van der Waals surface area contributed by atoms with Crippen LogP contribution in [0.3, 0.4) is 0 Å². The van der Waals surface area contributed by atoms with Crippen LogP contribution in [0.2, 0.25) is 0 Å². The summed E-state index contributed by atoms with van der Waals surface area (Å²) >= 11 is 0. The summed E-state index contributed by atoms with van der Waals surface area (Å²) in [6, 6.07) is 10.9. The number of esters is 2. The number of benzene rings is 2. The van der Waals surface area contributed by atoms with Gasteiger partial charge in [0.15, 0.2) is 6.04 Å². The molecule has 3 saturated heterocycles. The number of carbonyl (C=O) groups excluding carboxylic acids is 4. The fraction of sp³-hybridized carbons (Fsp3) is 0.538. The second kappa shape index (κ2) is 16.2. The highest BCUT2D eigenvalue weighted by molar-refractivity contribution is 5.96. The molecule has 2 aromatic rings. The topological polar surface area (TPSA) is 202 Å². The van der Waals surface area contributed by atoms with Crippen LogP contribution in [0.5, 0.6) is 5.75 Å². The van der Waals surface area contributed by atoms with Crippen LogP contribution in [-0.2, 0) is 55.9 Å². The summed E-state index contributed by atoms with van der Waals surface area (Å²) in [4.78, 5) is 60.9. The van der Waals surface area contributed by atoms with Crippen molar-refractivity contribution in [2.75, 3.05) is 13.4 Å². The van der Waals surface area contributed by atoms with Crippen LogP contribution in [0, 0.1) is 5.41 Å². The number of para-hydroxylation sites is 1. The van der Waals surface area contributed by atoms with E-state index in [9.17, 15) is 34.5 Å². The summed E-state index contributed by atoms with van der Waals surface area (Å²) in [6.07, 6.45) is -0.433. The van der Waals surface area contributed by atoms with Gasteiger partial charge in [-0.2, -0.15) is 5.06 Å². The van der Waals surface area contributed by atoms with Gasteiger partial charge < -0.3 is 44.9 Å². The molecule has 54 heavy (non-hydrogen) atoms. The van der Waals surface area contributed by atoms with Gasteiger partial charge in [0, 0.05) is 12.8 Å². The Morgan fingerprint density at radius 3 is 2.46 bits per heavy atom. The Balaban J connectivity index is 1.23. The number of allylic oxidation sites excluding steroid dienone is 1. The van der Waals surface area contributed by atoms with Crippen LogP contribution in [-0.4, -0.2) is 112 Å². The summed E-state index contributed by atoms with van der Waals surface area (Å²) in [7, 11) is 0. The number of carbonyl (C=O) groups is 4. The van der Waals surface area contributed by atoms with E-state index >= 15 is 0 Å². The number of phenols is 1. The minimum Gasteiger partial charge on any atom is -0.508 e. The van der Waals surface area contributed by atoms with E-state index in [-0.39, 0.29) is 38.3 Å². The number of phenolic OH excluding ortho intramolecular Hbond substituents is 1. The first-order valence-corrected chi connectivity index (χ1v) is 18.2. The van der Waals surface area contributed by atoms with Crippen molar-refractivity contribution in [3.05, 3.63) is 71.3 Å². The van der Waals surface area contributed by atoms with E-state index in [2.05, 4.69) is 10.6 Å². The van der Waals surface area contributed by atoms with Gasteiger partial charge in [0.1, 0.15) is 54.0 Å². The normalized spacial score (nSPS) is 27.8. The monoisotopic (exact) mass is 751 g/mol. The van der Waals surface area contributed by atoms with Crippen LogP contribution in [0.15, 0.2) is 54.6 Å². The van der Waals surface area contributed by atoms with Gasteiger partial charge in [-0.25, -0.2) is 0 Å². The Morgan fingerprint density at radius 2 is 1.76 bits per heavy atom. The molecular weight excluding hydrogens is 702 g/mol. The van der Waals surface area contributed by atoms with Crippen molar-refractivity contribution < 1.29 is 58.3 Å². The van der Waals surface area contributed by atoms with E-state index in [0.717, 1.165) is 16.7 Å². The predicted molar refractivity (Wildman–Crippen MR) is 191 cm³/mol. The molecule has 3 heterocycles. The Morgan fingerprint density at radius 1 is 1.06 bits per heavy atom. The van der Waals surface area contributed by atoms with Crippen LogP contribution in [0.4, 0.5) is 0 Å². The summed E-state index contributed by atoms with van der Waals surface area (Å²) in [5.74, 6) is -2.53. The molecule has 2 aromatic carbocycles. The zero-order chi connectivity index (χ0) is 38.8. The molecule has 292 valence electrons. The number of ether oxygens (including phenoxy) is 4. The molecular formula is C39H49N3O12. The number of hydrogen-bond acceptors (Lipinski definition) is 13. The highest BCUT2D eigenvalue weighted by Gasteiger charge is 2.75. The molecule has 15 nitrogen and oxygen atoms in total. The van der Waals surface area contributed by atoms with Gasteiger partial charge in [-0.3, -0.25) is 24.0 Å². The number of aliphatic hydroxyl groups excluding tert-OH is 2. The quantitative estimate of drug-likeness (QED) is 0.175. The van der Waals surface area contributed by atoms with Gasteiger partial charge >= 0.3 is 11.9 Å². The maximum Gasteiger partial charge on any atom is 0.327 e. The third-order valence-electron chi connectivity index (χ3n) is 10.2. The first kappa shape index (κ1) is 39.3. The van der Waals surface area contributed by atoms with Crippen molar-refractivity contribution in [2.45, 2.75) is 114 Å². The van der Waals surface area contributed by atoms with Crippen molar-refractivity contribution in [3.63, 3.8) is 0 Å². The summed E-state index contributed by atoms with van der Waals surface area (Å²) in [6.45, 7) is 5.99. The highest BCUT2D eigenvalue weighted by Crippen LogP contribution is 2.55. The molecule has 5 N–H and O–H groups in total. The minimum atomic E-state index is -1.61. The lowest BCUT2D eigenvalue weighted by Gasteiger charge is -2.49. The fourth-order valence-electron chi connectivity index (χ4n) is 7.70. The number of amides is 2. The van der Waals surface area contributed by atoms with Gasteiger partial charge in [-0.1, -0.05) is 54.6 Å². The smallest absolute Gasteiger partial charge is 0.327 e. The van der Waals surface area contributed by atoms with Crippen molar-refractivity contribution in [3.8, 4) is 5.75 Å². The fourth-order valence-corrected chi connectivity index (χ4v) is 7.70. The predicted octanol–water partition coefficient (Wildman–Crippen LogP) is 1.65. The first-order chi connectivity index (χ1) is 25.7. The highest BCUT2D eigenvalue weighted by atomic mass is 16.8. The molecule has 0 unspecified atom stereocenters. The number of hydrogen-bond donors (Lipinski definition) is 5. The molecule has 1 aliphatic carbocycles. The molecule has 0 aromatic heterocycles. The second-order valence-corrected chi connectivity index (χ2v) is 15.2. The van der Waals surface area contributed by atoms with Gasteiger partial charge in [0.2, 0.25) is 11.8 Å². The number of hydroxylamine groups is 2. The maximum absolute atomic E-state index is 14.7. The number of rotatable bonds is 14. The average molecular weight is 752 g/mol. The molecule has 3 aliphatic heterocycles. The Labute approximate surface area is 313 Å². The number of aromatic hydroxyl groups is 1.